The fraction of sp³-hybridized carbons (Fsp3) is 0.231. The SMILES string of the molecule is Cc1c(C(=O)O)ccc2c1CC[C@@H]2NCc1cc(C(=O)NCc2ccc(F)c(F)c2)nc2cc(Cl)nn12. The Labute approximate surface area is 215 Å². The lowest BCUT2D eigenvalue weighted by Crippen LogP contribution is -2.26. The lowest BCUT2D eigenvalue weighted by molar-refractivity contribution is 0.0695. The Morgan fingerprint density at radius 3 is 2.70 bits per heavy atom. The standard InChI is InChI=1S/C26H22ClF2N5O3/c1-13-16-5-7-21(18(16)4-3-17(13)26(36)37)30-12-15-9-22(32-24-10-23(27)33-34(15)24)25(35)31-11-14-2-6-19(28)20(29)8-14/h2-4,6,8-10,21,30H,5,7,11-12H2,1H3,(H,31,35)(H,36,37)/t21-/m0/s1. The lowest BCUT2D eigenvalue weighted by Gasteiger charge is -2.16. The molecule has 1 atom stereocenters. The van der Waals surface area contributed by atoms with Gasteiger partial charge < -0.3 is 15.7 Å². The molecule has 0 unspecified atom stereocenters. The van der Waals surface area contributed by atoms with Crippen molar-refractivity contribution in [3.05, 3.63) is 98.5 Å². The number of aromatic carboxylic acids is 1. The van der Waals surface area contributed by atoms with Crippen molar-refractivity contribution in [1.82, 2.24) is 25.2 Å². The van der Waals surface area contributed by atoms with Gasteiger partial charge in [-0.05, 0) is 66.3 Å². The topological polar surface area (TPSA) is 109 Å². The highest BCUT2D eigenvalue weighted by Gasteiger charge is 2.26. The molecular weight excluding hydrogens is 504 g/mol. The van der Waals surface area contributed by atoms with Gasteiger partial charge in [-0.2, -0.15) is 5.10 Å². The Hall–Kier alpha value is -3.89. The van der Waals surface area contributed by atoms with Crippen LogP contribution in [0.5, 0.6) is 0 Å². The number of carbonyl (C=O) groups excluding carboxylic acids is 1. The molecule has 0 spiro atoms. The van der Waals surface area contributed by atoms with Crippen molar-refractivity contribution in [3.8, 4) is 0 Å². The Balaban J connectivity index is 1.35. The number of benzene rings is 2. The number of hydrogen-bond acceptors (Lipinski definition) is 5. The van der Waals surface area contributed by atoms with E-state index < -0.39 is 23.5 Å². The molecule has 1 aliphatic rings. The summed E-state index contributed by atoms with van der Waals surface area (Å²) in [7, 11) is 0. The summed E-state index contributed by atoms with van der Waals surface area (Å²) < 4.78 is 28.2. The van der Waals surface area contributed by atoms with E-state index in [0.29, 0.717) is 29.0 Å². The third-order valence-corrected chi connectivity index (χ3v) is 6.78. The van der Waals surface area contributed by atoms with E-state index in [-0.39, 0.29) is 23.4 Å². The van der Waals surface area contributed by atoms with Gasteiger partial charge in [0.25, 0.3) is 5.91 Å². The summed E-state index contributed by atoms with van der Waals surface area (Å²) in [5.41, 5.74) is 4.73. The highest BCUT2D eigenvalue weighted by atomic mass is 35.5. The van der Waals surface area contributed by atoms with Crippen molar-refractivity contribution in [2.75, 3.05) is 0 Å². The van der Waals surface area contributed by atoms with Crippen LogP contribution in [0.15, 0.2) is 42.5 Å². The molecule has 1 aliphatic carbocycles. The van der Waals surface area contributed by atoms with Crippen molar-refractivity contribution in [2.45, 2.75) is 38.9 Å². The molecule has 0 bridgehead atoms. The minimum absolute atomic E-state index is 0.00329. The van der Waals surface area contributed by atoms with E-state index in [4.69, 9.17) is 11.6 Å². The highest BCUT2D eigenvalue weighted by Crippen LogP contribution is 2.35. The van der Waals surface area contributed by atoms with E-state index in [1.54, 1.807) is 22.7 Å². The number of carboxylic acids is 1. The van der Waals surface area contributed by atoms with Crippen LogP contribution < -0.4 is 10.6 Å². The summed E-state index contributed by atoms with van der Waals surface area (Å²) in [5, 5.41) is 20.0. The van der Waals surface area contributed by atoms with Gasteiger partial charge >= 0.3 is 5.97 Å². The first-order chi connectivity index (χ1) is 17.7. The quantitative estimate of drug-likeness (QED) is 0.330. The normalized spacial score (nSPS) is 14.6. The van der Waals surface area contributed by atoms with Crippen LogP contribution in [0.1, 0.15) is 61.3 Å². The molecule has 4 aromatic rings. The molecule has 0 fully saturated rings. The van der Waals surface area contributed by atoms with Gasteiger partial charge in [0.15, 0.2) is 22.4 Å². The average molecular weight is 526 g/mol. The van der Waals surface area contributed by atoms with Gasteiger partial charge in [-0.25, -0.2) is 23.1 Å². The molecule has 5 rings (SSSR count). The van der Waals surface area contributed by atoms with E-state index in [9.17, 15) is 23.5 Å². The third kappa shape index (κ3) is 4.90. The third-order valence-electron chi connectivity index (χ3n) is 6.59. The van der Waals surface area contributed by atoms with Crippen LogP contribution >= 0.6 is 11.6 Å². The molecule has 2 aromatic carbocycles. The van der Waals surface area contributed by atoms with E-state index >= 15 is 0 Å². The van der Waals surface area contributed by atoms with Crippen molar-refractivity contribution in [2.24, 2.45) is 0 Å². The van der Waals surface area contributed by atoms with Crippen molar-refractivity contribution in [1.29, 1.82) is 0 Å². The van der Waals surface area contributed by atoms with E-state index in [1.165, 1.54) is 6.07 Å². The zero-order valence-electron chi connectivity index (χ0n) is 19.7. The second-order valence-corrected chi connectivity index (χ2v) is 9.27. The average Bonchev–Trinajstić information content (AvgIpc) is 3.46. The molecule has 0 saturated carbocycles. The molecule has 0 aliphatic heterocycles. The second-order valence-electron chi connectivity index (χ2n) is 8.88. The van der Waals surface area contributed by atoms with Gasteiger partial charge in [-0.1, -0.05) is 23.7 Å². The number of amides is 1. The predicted molar refractivity (Wildman–Crippen MR) is 132 cm³/mol. The molecule has 190 valence electrons. The van der Waals surface area contributed by atoms with Crippen molar-refractivity contribution >= 4 is 29.1 Å². The number of halogens is 3. The summed E-state index contributed by atoms with van der Waals surface area (Å²) in [4.78, 5) is 28.7. The van der Waals surface area contributed by atoms with Gasteiger partial charge in [0.1, 0.15) is 5.69 Å². The van der Waals surface area contributed by atoms with Gasteiger partial charge in [0, 0.05) is 25.2 Å². The van der Waals surface area contributed by atoms with Crippen LogP contribution in [0.2, 0.25) is 5.15 Å². The molecule has 0 radical (unpaired) electrons. The molecule has 3 N–H and O–H groups in total. The number of aromatic nitrogens is 3. The van der Waals surface area contributed by atoms with Gasteiger partial charge in [-0.3, -0.25) is 4.79 Å². The van der Waals surface area contributed by atoms with E-state index in [2.05, 4.69) is 20.7 Å². The molecule has 8 nitrogen and oxygen atoms in total. The number of hydrogen-bond donors (Lipinski definition) is 3. The maximum atomic E-state index is 13.5. The van der Waals surface area contributed by atoms with Crippen LogP contribution in [0.25, 0.3) is 5.65 Å². The number of fused-ring (bicyclic) bond motifs is 2. The highest BCUT2D eigenvalue weighted by molar-refractivity contribution is 6.29. The molecule has 2 heterocycles. The van der Waals surface area contributed by atoms with Crippen LogP contribution in [-0.2, 0) is 19.5 Å². The number of carbonyl (C=O) groups is 2. The van der Waals surface area contributed by atoms with Crippen molar-refractivity contribution < 1.29 is 23.5 Å². The Bertz CT molecular complexity index is 1560. The maximum absolute atomic E-state index is 13.5. The Morgan fingerprint density at radius 2 is 1.95 bits per heavy atom. The van der Waals surface area contributed by atoms with Crippen LogP contribution in [0, 0.1) is 18.6 Å². The summed E-state index contributed by atoms with van der Waals surface area (Å²) in [6.07, 6.45) is 1.56. The second kappa shape index (κ2) is 9.87. The van der Waals surface area contributed by atoms with Crippen LogP contribution in [0.3, 0.4) is 0 Å². The molecule has 0 saturated heterocycles. The first-order valence-electron chi connectivity index (χ1n) is 11.6. The number of nitrogens with one attached hydrogen (secondary N) is 2. The van der Waals surface area contributed by atoms with Crippen LogP contribution in [0.4, 0.5) is 8.78 Å². The smallest absolute Gasteiger partial charge is 0.335 e. The van der Waals surface area contributed by atoms with Crippen LogP contribution in [-0.4, -0.2) is 31.6 Å². The fourth-order valence-electron chi connectivity index (χ4n) is 4.73. The van der Waals surface area contributed by atoms with Crippen molar-refractivity contribution in [3.63, 3.8) is 0 Å². The zero-order chi connectivity index (χ0) is 26.3. The minimum Gasteiger partial charge on any atom is -0.478 e. The molecule has 37 heavy (non-hydrogen) atoms. The first-order valence-corrected chi connectivity index (χ1v) is 12.0. The van der Waals surface area contributed by atoms with E-state index in [0.717, 1.165) is 41.7 Å². The fourth-order valence-corrected chi connectivity index (χ4v) is 4.90. The van der Waals surface area contributed by atoms with Gasteiger partial charge in [0.05, 0.1) is 11.3 Å². The summed E-state index contributed by atoms with van der Waals surface area (Å²) in [5.74, 6) is -3.38. The van der Waals surface area contributed by atoms with E-state index in [1.807, 2.05) is 13.0 Å². The van der Waals surface area contributed by atoms with Gasteiger partial charge in [-0.15, -0.1) is 0 Å². The largest absolute Gasteiger partial charge is 0.478 e. The molecule has 1 amide bonds. The Morgan fingerprint density at radius 1 is 1.14 bits per heavy atom. The summed E-state index contributed by atoms with van der Waals surface area (Å²) in [6.45, 7) is 2.16. The Kier molecular flexibility index (Phi) is 6.61. The zero-order valence-corrected chi connectivity index (χ0v) is 20.4. The lowest BCUT2D eigenvalue weighted by atomic mass is 9.98. The first kappa shape index (κ1) is 24.8. The number of nitrogens with zero attached hydrogens (tertiary/aromatic N) is 3. The number of rotatable bonds is 7. The monoisotopic (exact) mass is 525 g/mol. The molecule has 11 heteroatoms. The molecule has 2 aromatic heterocycles. The van der Waals surface area contributed by atoms with Gasteiger partial charge in [0.2, 0.25) is 0 Å². The summed E-state index contributed by atoms with van der Waals surface area (Å²) >= 11 is 6.10. The number of carboxylic acid groups (broad SMARTS) is 1. The summed E-state index contributed by atoms with van der Waals surface area (Å²) in [6, 6.07) is 10.0. The molecular formula is C26H22ClF2N5O3. The minimum atomic E-state index is -0.989. The maximum Gasteiger partial charge on any atom is 0.335 e. The predicted octanol–water partition coefficient (Wildman–Crippen LogP) is 4.37.